The summed E-state index contributed by atoms with van der Waals surface area (Å²) in [4.78, 5) is 12.4. The summed E-state index contributed by atoms with van der Waals surface area (Å²) in [5.74, 6) is 0.452. The smallest absolute Gasteiger partial charge is 0.312 e. The van der Waals surface area contributed by atoms with Gasteiger partial charge in [-0.15, -0.1) is 0 Å². The number of hydrogen-bond acceptors (Lipinski definition) is 3. The van der Waals surface area contributed by atoms with Crippen LogP contribution in [0.3, 0.4) is 0 Å². The lowest BCUT2D eigenvalue weighted by Gasteiger charge is -2.53. The number of carbonyl (C=O) groups is 1. The fourth-order valence-corrected chi connectivity index (χ4v) is 5.66. The molecule has 104 valence electrons. The topological polar surface area (TPSA) is 35.5 Å². The summed E-state index contributed by atoms with van der Waals surface area (Å²) in [6.07, 6.45) is 2.01. The first kappa shape index (κ1) is 14.1. The van der Waals surface area contributed by atoms with Gasteiger partial charge in [0.15, 0.2) is 0 Å². The Hall–Kier alpha value is -0.353. The molecular formula is C14H26O3Si. The van der Waals surface area contributed by atoms with Gasteiger partial charge in [0.25, 0.3) is 0 Å². The zero-order valence-electron chi connectivity index (χ0n) is 12.7. The highest BCUT2D eigenvalue weighted by molar-refractivity contribution is 5.98. The molecule has 0 aromatic heterocycles. The minimum atomic E-state index is -0.437. The van der Waals surface area contributed by atoms with E-state index in [1.165, 1.54) is 7.11 Å². The van der Waals surface area contributed by atoms with Crippen LogP contribution in [0.5, 0.6) is 0 Å². The van der Waals surface area contributed by atoms with Crippen LogP contribution in [0.25, 0.3) is 0 Å². The van der Waals surface area contributed by atoms with Gasteiger partial charge in [0.05, 0.1) is 18.1 Å². The van der Waals surface area contributed by atoms with Crippen LogP contribution in [0.15, 0.2) is 0 Å². The van der Waals surface area contributed by atoms with Crippen LogP contribution < -0.4 is 0 Å². The summed E-state index contributed by atoms with van der Waals surface area (Å²) in [5.41, 5.74) is -0.689. The monoisotopic (exact) mass is 270 g/mol. The molecule has 0 radical (unpaired) electrons. The third-order valence-corrected chi connectivity index (χ3v) is 6.88. The van der Waals surface area contributed by atoms with Crippen LogP contribution in [0.2, 0.25) is 0 Å². The zero-order chi connectivity index (χ0) is 14.0. The minimum absolute atomic E-state index is 0.00556. The van der Waals surface area contributed by atoms with Gasteiger partial charge in [0.1, 0.15) is 10.5 Å². The summed E-state index contributed by atoms with van der Waals surface area (Å²) in [7, 11) is 2.22. The summed E-state index contributed by atoms with van der Waals surface area (Å²) < 4.78 is 11.1. The molecule has 0 saturated heterocycles. The van der Waals surface area contributed by atoms with Gasteiger partial charge >= 0.3 is 5.97 Å². The first-order valence-electron chi connectivity index (χ1n) is 6.74. The van der Waals surface area contributed by atoms with E-state index >= 15 is 0 Å². The predicted octanol–water partition coefficient (Wildman–Crippen LogP) is 1.68. The van der Waals surface area contributed by atoms with E-state index in [2.05, 4.69) is 34.6 Å². The lowest BCUT2D eigenvalue weighted by molar-refractivity contribution is -0.175. The molecule has 2 saturated carbocycles. The summed E-state index contributed by atoms with van der Waals surface area (Å²) >= 11 is 0. The zero-order valence-corrected chi connectivity index (χ0v) is 14.7. The van der Waals surface area contributed by atoms with Crippen LogP contribution >= 0.6 is 0 Å². The predicted molar refractivity (Wildman–Crippen MR) is 74.2 cm³/mol. The molecule has 2 aliphatic carbocycles. The SMILES string of the molecule is COC(=O)[C@]1(C)CC2CC2(O[SiH3])C1(C)C(C)(C)C. The maximum atomic E-state index is 12.4. The van der Waals surface area contributed by atoms with E-state index in [0.29, 0.717) is 5.92 Å². The molecule has 0 spiro atoms. The van der Waals surface area contributed by atoms with E-state index in [1.807, 2.05) is 0 Å². The first-order valence-corrected chi connectivity index (χ1v) is 7.56. The van der Waals surface area contributed by atoms with Crippen molar-refractivity contribution in [3.63, 3.8) is 0 Å². The molecule has 0 N–H and O–H groups in total. The van der Waals surface area contributed by atoms with Gasteiger partial charge in [-0.25, -0.2) is 0 Å². The Morgan fingerprint density at radius 1 is 1.28 bits per heavy atom. The lowest BCUT2D eigenvalue weighted by Crippen LogP contribution is -2.56. The molecule has 0 amide bonds. The van der Waals surface area contributed by atoms with Gasteiger partial charge in [0, 0.05) is 5.41 Å². The third kappa shape index (κ3) is 1.26. The Balaban J connectivity index is 2.56. The summed E-state index contributed by atoms with van der Waals surface area (Å²) in [6, 6.07) is 0. The number of methoxy groups -OCH3 is 1. The molecule has 4 heteroatoms. The molecule has 3 unspecified atom stereocenters. The molecular weight excluding hydrogens is 244 g/mol. The van der Waals surface area contributed by atoms with E-state index in [0.717, 1.165) is 23.3 Å². The van der Waals surface area contributed by atoms with Gasteiger partial charge < -0.3 is 9.16 Å². The quantitative estimate of drug-likeness (QED) is 0.566. The van der Waals surface area contributed by atoms with Gasteiger partial charge in [0.2, 0.25) is 0 Å². The maximum absolute atomic E-state index is 12.4. The Morgan fingerprint density at radius 2 is 1.83 bits per heavy atom. The molecule has 0 bridgehead atoms. The van der Waals surface area contributed by atoms with Crippen LogP contribution in [0, 0.1) is 22.2 Å². The standard InChI is InChI=1S/C14H26O3Si/c1-11(2,3)13(5)12(4,10(15)16-6)7-9-8-14(9,13)17-18/h9H,7-8H2,1-6,18H3/t9?,12-,13?,14?/m0/s1. The van der Waals surface area contributed by atoms with Crippen molar-refractivity contribution < 1.29 is 14.0 Å². The van der Waals surface area contributed by atoms with Crippen LogP contribution in [-0.4, -0.2) is 29.2 Å². The van der Waals surface area contributed by atoms with E-state index in [-0.39, 0.29) is 22.4 Å². The van der Waals surface area contributed by atoms with E-state index in [1.54, 1.807) is 0 Å². The Morgan fingerprint density at radius 3 is 2.22 bits per heavy atom. The highest BCUT2D eigenvalue weighted by Crippen LogP contribution is 2.78. The van der Waals surface area contributed by atoms with E-state index in [9.17, 15) is 4.79 Å². The number of fused-ring (bicyclic) bond motifs is 1. The van der Waals surface area contributed by atoms with Crippen LogP contribution in [0.1, 0.15) is 47.5 Å². The van der Waals surface area contributed by atoms with Crippen molar-refractivity contribution in [2.45, 2.75) is 53.1 Å². The fourth-order valence-electron chi connectivity index (χ4n) is 4.75. The molecule has 0 aliphatic heterocycles. The van der Waals surface area contributed by atoms with Crippen molar-refractivity contribution in [2.24, 2.45) is 22.2 Å². The molecule has 0 aromatic carbocycles. The second-order valence-corrected chi connectivity index (χ2v) is 7.81. The van der Waals surface area contributed by atoms with Crippen LogP contribution in [-0.2, 0) is 14.0 Å². The van der Waals surface area contributed by atoms with Crippen molar-refractivity contribution in [1.29, 1.82) is 0 Å². The van der Waals surface area contributed by atoms with Gasteiger partial charge in [-0.05, 0) is 31.1 Å². The second-order valence-electron chi connectivity index (χ2n) is 7.40. The lowest BCUT2D eigenvalue weighted by atomic mass is 9.52. The minimum Gasteiger partial charge on any atom is -0.469 e. The Labute approximate surface area is 113 Å². The average Bonchev–Trinajstić information content (AvgIpc) is 2.94. The molecule has 2 rings (SSSR count). The van der Waals surface area contributed by atoms with Gasteiger partial charge in [-0.3, -0.25) is 4.79 Å². The van der Waals surface area contributed by atoms with Gasteiger partial charge in [-0.1, -0.05) is 27.7 Å². The highest BCUT2D eigenvalue weighted by atomic mass is 28.2. The Bertz CT molecular complexity index is 385. The van der Waals surface area contributed by atoms with Crippen LogP contribution in [0.4, 0.5) is 0 Å². The molecule has 0 aromatic rings. The number of esters is 1. The van der Waals surface area contributed by atoms with Crippen molar-refractivity contribution in [3.05, 3.63) is 0 Å². The van der Waals surface area contributed by atoms with Crippen molar-refractivity contribution in [3.8, 4) is 0 Å². The molecule has 0 heterocycles. The number of ether oxygens (including phenoxy) is 1. The third-order valence-electron chi connectivity index (χ3n) is 6.15. The molecule has 4 atom stereocenters. The normalized spacial score (nSPS) is 46.9. The molecule has 2 fully saturated rings. The Kier molecular flexibility index (Phi) is 2.81. The van der Waals surface area contributed by atoms with Crippen molar-refractivity contribution in [2.75, 3.05) is 7.11 Å². The fraction of sp³-hybridized carbons (Fsp3) is 0.929. The molecule has 3 nitrogen and oxygen atoms in total. The van der Waals surface area contributed by atoms with Crippen molar-refractivity contribution in [1.82, 2.24) is 0 Å². The first-order chi connectivity index (χ1) is 8.10. The molecule has 2 aliphatic rings. The molecule has 18 heavy (non-hydrogen) atoms. The number of carbonyl (C=O) groups excluding carboxylic acids is 1. The van der Waals surface area contributed by atoms with Crippen molar-refractivity contribution >= 4 is 16.5 Å². The summed E-state index contributed by atoms with van der Waals surface area (Å²) in [6.45, 7) is 11.0. The second kappa shape index (κ2) is 3.60. The number of hydrogen-bond donors (Lipinski definition) is 0. The highest BCUT2D eigenvalue weighted by Gasteiger charge is 2.81. The number of rotatable bonds is 2. The van der Waals surface area contributed by atoms with Gasteiger partial charge in [-0.2, -0.15) is 0 Å². The van der Waals surface area contributed by atoms with E-state index < -0.39 is 5.41 Å². The largest absolute Gasteiger partial charge is 0.469 e. The summed E-state index contributed by atoms with van der Waals surface area (Å²) in [5, 5.41) is 0. The average molecular weight is 270 g/mol. The van der Waals surface area contributed by atoms with E-state index in [4.69, 9.17) is 9.16 Å². The maximum Gasteiger partial charge on any atom is 0.312 e.